The zero-order chi connectivity index (χ0) is 19.6. The van der Waals surface area contributed by atoms with Crippen LogP contribution in [0.1, 0.15) is 31.8 Å². The van der Waals surface area contributed by atoms with Crippen molar-refractivity contribution in [3.8, 4) is 0 Å². The Bertz CT molecular complexity index is 1080. The van der Waals surface area contributed by atoms with E-state index in [4.69, 9.17) is 0 Å². The van der Waals surface area contributed by atoms with E-state index in [2.05, 4.69) is 9.97 Å². The molecule has 0 aliphatic carbocycles. The van der Waals surface area contributed by atoms with Crippen molar-refractivity contribution in [2.75, 3.05) is 0 Å². The van der Waals surface area contributed by atoms with E-state index in [1.807, 2.05) is 26.8 Å². The highest BCUT2D eigenvalue weighted by atomic mass is 32.1. The van der Waals surface area contributed by atoms with Gasteiger partial charge in [0.05, 0.1) is 17.4 Å². The molecule has 1 N–H and O–H groups in total. The number of rotatable bonds is 6. The van der Waals surface area contributed by atoms with E-state index >= 15 is 0 Å². The molecule has 0 saturated carbocycles. The number of aromatic nitrogens is 3. The summed E-state index contributed by atoms with van der Waals surface area (Å²) in [6, 6.07) is 7.05. The number of hydrogen-bond donors (Lipinski definition) is 1. The fraction of sp³-hybridized carbons (Fsp3) is 0.368. The van der Waals surface area contributed by atoms with Crippen molar-refractivity contribution in [3.05, 3.63) is 61.2 Å². The lowest BCUT2D eigenvalue weighted by atomic mass is 10.2. The molecule has 2 aromatic heterocycles. The Labute approximate surface area is 160 Å². The Morgan fingerprint density at radius 1 is 1.30 bits per heavy atom. The number of hydrogen-bond acceptors (Lipinski definition) is 5. The Morgan fingerprint density at radius 3 is 2.70 bits per heavy atom. The first-order chi connectivity index (χ1) is 12.9. The van der Waals surface area contributed by atoms with Crippen molar-refractivity contribution in [3.63, 3.8) is 0 Å². The lowest BCUT2D eigenvalue weighted by Gasteiger charge is -2.26. The monoisotopic (exact) mass is 386 g/mol. The molecule has 142 valence electrons. The molecule has 0 bridgehead atoms. The zero-order valence-electron chi connectivity index (χ0n) is 15.6. The van der Waals surface area contributed by atoms with Gasteiger partial charge < -0.3 is 14.5 Å². The summed E-state index contributed by atoms with van der Waals surface area (Å²) in [7, 11) is 0. The molecule has 2 heterocycles. The van der Waals surface area contributed by atoms with E-state index in [9.17, 15) is 14.4 Å². The van der Waals surface area contributed by atoms with Gasteiger partial charge in [-0.15, -0.1) is 0 Å². The Hall–Kier alpha value is -2.74. The Morgan fingerprint density at radius 2 is 2.04 bits per heavy atom. The number of carbonyl (C=O) groups is 1. The minimum absolute atomic E-state index is 0.0584. The summed E-state index contributed by atoms with van der Waals surface area (Å²) in [5.74, 6) is 0.364. The number of fused-ring (bicyclic) bond motifs is 1. The zero-order valence-corrected chi connectivity index (χ0v) is 16.4. The smallest absolute Gasteiger partial charge is 0.307 e. The minimum Gasteiger partial charge on any atom is -0.333 e. The van der Waals surface area contributed by atoms with Crippen LogP contribution in [-0.2, 0) is 17.9 Å². The lowest BCUT2D eigenvalue weighted by molar-refractivity contribution is -0.133. The fourth-order valence-corrected chi connectivity index (χ4v) is 3.72. The third kappa shape index (κ3) is 4.16. The fourth-order valence-electron chi connectivity index (χ4n) is 2.96. The van der Waals surface area contributed by atoms with Crippen LogP contribution in [0.2, 0.25) is 0 Å². The number of benzene rings is 1. The normalized spacial score (nSPS) is 11.3. The van der Waals surface area contributed by atoms with Crippen molar-refractivity contribution in [1.29, 1.82) is 0 Å². The second-order valence-corrected chi connectivity index (χ2v) is 7.51. The molecule has 1 aromatic carbocycles. The average Bonchev–Trinajstić information content (AvgIpc) is 2.95. The van der Waals surface area contributed by atoms with Crippen molar-refractivity contribution in [1.82, 2.24) is 19.4 Å². The van der Waals surface area contributed by atoms with Crippen LogP contribution >= 0.6 is 11.3 Å². The van der Waals surface area contributed by atoms with Crippen LogP contribution in [-0.4, -0.2) is 31.4 Å². The van der Waals surface area contributed by atoms with Crippen LogP contribution < -0.4 is 10.4 Å². The second kappa shape index (κ2) is 7.87. The number of H-pyrrole nitrogens is 1. The van der Waals surface area contributed by atoms with Gasteiger partial charge in [0.2, 0.25) is 5.91 Å². The van der Waals surface area contributed by atoms with Gasteiger partial charge in [-0.1, -0.05) is 23.5 Å². The predicted octanol–water partition coefficient (Wildman–Crippen LogP) is 2.28. The van der Waals surface area contributed by atoms with Gasteiger partial charge in [0, 0.05) is 30.1 Å². The molecule has 3 rings (SSSR count). The second-order valence-electron chi connectivity index (χ2n) is 6.69. The number of nitrogens with one attached hydrogen (secondary N) is 1. The number of nitrogens with zero attached hydrogens (tertiary/aromatic N) is 3. The molecule has 7 nitrogen and oxygen atoms in total. The number of thiazole rings is 1. The molecule has 8 heteroatoms. The molecule has 3 aromatic rings. The maximum atomic E-state index is 12.7. The summed E-state index contributed by atoms with van der Waals surface area (Å²) in [4.78, 5) is 45.7. The summed E-state index contributed by atoms with van der Waals surface area (Å²) in [6.07, 6.45) is 0.216. The largest absolute Gasteiger partial charge is 0.333 e. The highest BCUT2D eigenvalue weighted by Crippen LogP contribution is 2.11. The van der Waals surface area contributed by atoms with Gasteiger partial charge in [0.15, 0.2) is 0 Å². The van der Waals surface area contributed by atoms with E-state index in [0.717, 1.165) is 17.0 Å². The van der Waals surface area contributed by atoms with E-state index in [-0.39, 0.29) is 35.3 Å². The van der Waals surface area contributed by atoms with Gasteiger partial charge in [0.25, 0.3) is 5.56 Å². The van der Waals surface area contributed by atoms with Crippen molar-refractivity contribution < 1.29 is 4.79 Å². The van der Waals surface area contributed by atoms with Crippen LogP contribution in [0.4, 0.5) is 0 Å². The number of amides is 1. The number of carbonyl (C=O) groups excluding carboxylic acids is 1. The molecule has 0 saturated heterocycles. The molecule has 27 heavy (non-hydrogen) atoms. The van der Waals surface area contributed by atoms with Gasteiger partial charge in [-0.25, -0.2) is 4.98 Å². The molecule has 0 spiro atoms. The quantitative estimate of drug-likeness (QED) is 0.704. The van der Waals surface area contributed by atoms with Gasteiger partial charge in [0.1, 0.15) is 5.82 Å². The number of para-hydroxylation sites is 1. The van der Waals surface area contributed by atoms with Crippen LogP contribution in [0, 0.1) is 6.92 Å². The van der Waals surface area contributed by atoms with E-state index in [1.54, 1.807) is 33.0 Å². The molecule has 1 amide bonds. The van der Waals surface area contributed by atoms with Gasteiger partial charge in [-0.2, -0.15) is 0 Å². The van der Waals surface area contributed by atoms with Crippen LogP contribution in [0.15, 0.2) is 39.2 Å². The molecule has 0 fully saturated rings. The molecule has 0 atom stereocenters. The van der Waals surface area contributed by atoms with Crippen LogP contribution in [0.3, 0.4) is 0 Å². The first-order valence-electron chi connectivity index (χ1n) is 8.79. The summed E-state index contributed by atoms with van der Waals surface area (Å²) >= 11 is 1.14. The SMILES string of the molecule is Cc1csc(=O)n1CCC(=O)N(Cc1nc2ccccc2c(=O)[nH]1)C(C)C. The molecule has 0 aliphatic heterocycles. The third-order valence-corrected chi connectivity index (χ3v) is 5.33. The van der Waals surface area contributed by atoms with Gasteiger partial charge >= 0.3 is 4.87 Å². The van der Waals surface area contributed by atoms with Gasteiger partial charge in [-0.05, 0) is 32.9 Å². The van der Waals surface area contributed by atoms with Gasteiger partial charge in [-0.3, -0.25) is 14.4 Å². The number of aromatic amines is 1. The minimum atomic E-state index is -0.216. The van der Waals surface area contributed by atoms with Crippen molar-refractivity contribution in [2.24, 2.45) is 0 Å². The standard InChI is InChI=1S/C19H22N4O3S/c1-12(2)23(17(24)8-9-22-13(3)11-27-19(22)26)10-16-20-15-7-5-4-6-14(15)18(25)21-16/h4-7,11-12H,8-10H2,1-3H3,(H,20,21,25). The molecule has 0 radical (unpaired) electrons. The predicted molar refractivity (Wildman–Crippen MR) is 106 cm³/mol. The van der Waals surface area contributed by atoms with Crippen LogP contribution in [0.5, 0.6) is 0 Å². The first kappa shape index (κ1) is 19.0. The number of aryl methyl sites for hydroxylation is 1. The maximum Gasteiger partial charge on any atom is 0.307 e. The summed E-state index contributed by atoms with van der Waals surface area (Å²) in [5, 5.41) is 2.31. The lowest BCUT2D eigenvalue weighted by Crippen LogP contribution is -2.38. The van der Waals surface area contributed by atoms with Crippen LogP contribution in [0.25, 0.3) is 10.9 Å². The third-order valence-electron chi connectivity index (χ3n) is 4.45. The summed E-state index contributed by atoms with van der Waals surface area (Å²) < 4.78 is 1.61. The topological polar surface area (TPSA) is 88.1 Å². The molecular formula is C19H22N4O3S. The molecule has 0 unspecified atom stereocenters. The summed E-state index contributed by atoms with van der Waals surface area (Å²) in [6.45, 7) is 6.25. The highest BCUT2D eigenvalue weighted by molar-refractivity contribution is 7.07. The maximum absolute atomic E-state index is 12.7. The van der Waals surface area contributed by atoms with Crippen molar-refractivity contribution in [2.45, 2.75) is 46.3 Å². The Kier molecular flexibility index (Phi) is 5.55. The summed E-state index contributed by atoms with van der Waals surface area (Å²) in [5.41, 5.74) is 1.24. The molecular weight excluding hydrogens is 364 g/mol. The van der Waals surface area contributed by atoms with Crippen molar-refractivity contribution >= 4 is 28.1 Å². The first-order valence-corrected chi connectivity index (χ1v) is 9.67. The van der Waals surface area contributed by atoms with E-state index < -0.39 is 0 Å². The Balaban J connectivity index is 1.78. The average molecular weight is 386 g/mol. The van der Waals surface area contributed by atoms with E-state index in [1.165, 1.54) is 0 Å². The highest BCUT2D eigenvalue weighted by Gasteiger charge is 2.19. The van der Waals surface area contributed by atoms with E-state index in [0.29, 0.717) is 23.3 Å². The molecule has 0 aliphatic rings.